The van der Waals surface area contributed by atoms with Gasteiger partial charge >= 0.3 is 0 Å². The summed E-state index contributed by atoms with van der Waals surface area (Å²) < 4.78 is 5.68. The second kappa shape index (κ2) is 4.74. The van der Waals surface area contributed by atoms with Crippen molar-refractivity contribution in [3.63, 3.8) is 0 Å². The van der Waals surface area contributed by atoms with E-state index in [0.717, 1.165) is 29.2 Å². The topological polar surface area (TPSA) is 35.2 Å². The zero-order valence-corrected chi connectivity index (χ0v) is 10.5. The molecule has 0 amide bonds. The molecule has 0 saturated carbocycles. The van der Waals surface area contributed by atoms with Gasteiger partial charge in [0, 0.05) is 11.6 Å². The van der Waals surface area contributed by atoms with Crippen molar-refractivity contribution in [3.8, 4) is 0 Å². The van der Waals surface area contributed by atoms with Gasteiger partial charge in [0.1, 0.15) is 0 Å². The van der Waals surface area contributed by atoms with E-state index in [1.165, 1.54) is 0 Å². The number of hydrogen-bond acceptors (Lipinski definition) is 2. The molecule has 3 unspecified atom stereocenters. The van der Waals surface area contributed by atoms with Gasteiger partial charge in [0.15, 0.2) is 0 Å². The predicted molar refractivity (Wildman–Crippen MR) is 66.6 cm³/mol. The molecule has 1 saturated heterocycles. The highest BCUT2D eigenvalue weighted by molar-refractivity contribution is 6.31. The van der Waals surface area contributed by atoms with Crippen LogP contribution in [-0.4, -0.2) is 12.7 Å². The highest BCUT2D eigenvalue weighted by atomic mass is 35.5. The number of aryl methyl sites for hydroxylation is 1. The van der Waals surface area contributed by atoms with E-state index in [2.05, 4.69) is 6.92 Å². The van der Waals surface area contributed by atoms with Crippen LogP contribution in [0.2, 0.25) is 5.02 Å². The maximum Gasteiger partial charge on any atom is 0.0793 e. The summed E-state index contributed by atoms with van der Waals surface area (Å²) in [4.78, 5) is 0. The third-order valence-corrected chi connectivity index (χ3v) is 3.79. The molecule has 3 heteroatoms. The molecule has 3 atom stereocenters. The first-order chi connectivity index (χ1) is 7.59. The zero-order valence-electron chi connectivity index (χ0n) is 9.74. The minimum Gasteiger partial charge on any atom is -0.376 e. The van der Waals surface area contributed by atoms with Gasteiger partial charge < -0.3 is 10.5 Å². The SMILES string of the molecule is Cc1ccc(C(N)C2OCCC2C)cc1Cl. The van der Waals surface area contributed by atoms with Crippen molar-refractivity contribution in [1.29, 1.82) is 0 Å². The molecule has 2 rings (SSSR count). The lowest BCUT2D eigenvalue weighted by Gasteiger charge is -2.23. The number of nitrogens with two attached hydrogens (primary N) is 1. The summed E-state index contributed by atoms with van der Waals surface area (Å²) in [5, 5.41) is 0.776. The van der Waals surface area contributed by atoms with Gasteiger partial charge in [-0.3, -0.25) is 0 Å². The van der Waals surface area contributed by atoms with Crippen LogP contribution in [0.1, 0.15) is 30.5 Å². The Morgan fingerprint density at radius 1 is 1.50 bits per heavy atom. The number of rotatable bonds is 2. The van der Waals surface area contributed by atoms with E-state index >= 15 is 0 Å². The van der Waals surface area contributed by atoms with Crippen molar-refractivity contribution in [2.75, 3.05) is 6.61 Å². The first-order valence-corrected chi connectivity index (χ1v) is 6.10. The van der Waals surface area contributed by atoms with Crippen LogP contribution >= 0.6 is 11.6 Å². The molecule has 0 radical (unpaired) electrons. The lowest BCUT2D eigenvalue weighted by atomic mass is 9.93. The molecule has 2 nitrogen and oxygen atoms in total. The quantitative estimate of drug-likeness (QED) is 0.861. The Kier molecular flexibility index (Phi) is 3.53. The maximum absolute atomic E-state index is 6.23. The van der Waals surface area contributed by atoms with E-state index in [1.54, 1.807) is 0 Å². The lowest BCUT2D eigenvalue weighted by molar-refractivity contribution is 0.0725. The Bertz CT molecular complexity index is 380. The Hall–Kier alpha value is -0.570. The second-order valence-electron chi connectivity index (χ2n) is 4.64. The monoisotopic (exact) mass is 239 g/mol. The maximum atomic E-state index is 6.23. The summed E-state index contributed by atoms with van der Waals surface area (Å²) in [6.45, 7) is 5.00. The van der Waals surface area contributed by atoms with Crippen LogP contribution in [0.25, 0.3) is 0 Å². The van der Waals surface area contributed by atoms with E-state index in [1.807, 2.05) is 25.1 Å². The highest BCUT2D eigenvalue weighted by Gasteiger charge is 2.30. The predicted octanol–water partition coefficient (Wildman–Crippen LogP) is 3.07. The summed E-state index contributed by atoms with van der Waals surface area (Å²) in [5.74, 6) is 0.523. The summed E-state index contributed by atoms with van der Waals surface area (Å²) in [6, 6.07) is 5.93. The lowest BCUT2D eigenvalue weighted by Crippen LogP contribution is -2.29. The molecule has 0 aromatic heterocycles. The van der Waals surface area contributed by atoms with Crippen LogP contribution in [0.4, 0.5) is 0 Å². The standard InChI is InChI=1S/C13H18ClNO/c1-8-3-4-10(7-11(8)14)12(15)13-9(2)5-6-16-13/h3-4,7,9,12-13H,5-6,15H2,1-2H3. The van der Waals surface area contributed by atoms with Gasteiger partial charge in [-0.15, -0.1) is 0 Å². The highest BCUT2D eigenvalue weighted by Crippen LogP contribution is 2.31. The fourth-order valence-electron chi connectivity index (χ4n) is 2.18. The van der Waals surface area contributed by atoms with Gasteiger partial charge in [-0.25, -0.2) is 0 Å². The molecule has 0 bridgehead atoms. The molecule has 1 aromatic rings. The fraction of sp³-hybridized carbons (Fsp3) is 0.538. The first-order valence-electron chi connectivity index (χ1n) is 5.73. The minimum atomic E-state index is -0.0735. The zero-order chi connectivity index (χ0) is 11.7. The van der Waals surface area contributed by atoms with Crippen LogP contribution in [-0.2, 0) is 4.74 Å². The molecule has 16 heavy (non-hydrogen) atoms. The molecule has 1 aliphatic rings. The summed E-state index contributed by atoms with van der Waals surface area (Å²) in [7, 11) is 0. The third-order valence-electron chi connectivity index (χ3n) is 3.38. The van der Waals surface area contributed by atoms with Crippen LogP contribution in [0.3, 0.4) is 0 Å². The van der Waals surface area contributed by atoms with Gasteiger partial charge in [0.2, 0.25) is 0 Å². The fourth-order valence-corrected chi connectivity index (χ4v) is 2.37. The van der Waals surface area contributed by atoms with Crippen molar-refractivity contribution in [2.45, 2.75) is 32.4 Å². The molecule has 0 spiro atoms. The molecular formula is C13H18ClNO. The number of benzene rings is 1. The Balaban J connectivity index is 2.20. The Morgan fingerprint density at radius 2 is 2.25 bits per heavy atom. The molecule has 88 valence electrons. The van der Waals surface area contributed by atoms with Gasteiger partial charge in [-0.1, -0.05) is 30.7 Å². The third kappa shape index (κ3) is 2.24. The Morgan fingerprint density at radius 3 is 2.81 bits per heavy atom. The normalized spacial score (nSPS) is 27.0. The molecule has 1 fully saturated rings. The van der Waals surface area contributed by atoms with E-state index in [0.29, 0.717) is 5.92 Å². The first kappa shape index (κ1) is 11.9. The summed E-state index contributed by atoms with van der Waals surface area (Å²) in [6.07, 6.45) is 1.22. The largest absolute Gasteiger partial charge is 0.376 e. The van der Waals surface area contributed by atoms with Crippen LogP contribution < -0.4 is 5.73 Å². The molecular weight excluding hydrogens is 222 g/mol. The summed E-state index contributed by atoms with van der Waals surface area (Å²) >= 11 is 6.10. The summed E-state index contributed by atoms with van der Waals surface area (Å²) in [5.41, 5.74) is 8.37. The van der Waals surface area contributed by atoms with Crippen molar-refractivity contribution in [3.05, 3.63) is 34.3 Å². The average molecular weight is 240 g/mol. The van der Waals surface area contributed by atoms with E-state index in [-0.39, 0.29) is 12.1 Å². The van der Waals surface area contributed by atoms with Gasteiger partial charge in [-0.05, 0) is 36.5 Å². The van der Waals surface area contributed by atoms with Crippen LogP contribution in [0.5, 0.6) is 0 Å². The van der Waals surface area contributed by atoms with Gasteiger partial charge in [0.05, 0.1) is 12.1 Å². The van der Waals surface area contributed by atoms with Crippen LogP contribution in [0, 0.1) is 12.8 Å². The molecule has 2 N–H and O–H groups in total. The van der Waals surface area contributed by atoms with Gasteiger partial charge in [-0.2, -0.15) is 0 Å². The smallest absolute Gasteiger partial charge is 0.0793 e. The minimum absolute atomic E-state index is 0.0735. The molecule has 1 heterocycles. The van der Waals surface area contributed by atoms with Crippen LogP contribution in [0.15, 0.2) is 18.2 Å². The van der Waals surface area contributed by atoms with Crippen molar-refractivity contribution >= 4 is 11.6 Å². The molecule has 1 aliphatic heterocycles. The van der Waals surface area contributed by atoms with E-state index < -0.39 is 0 Å². The number of ether oxygens (including phenoxy) is 1. The number of hydrogen-bond donors (Lipinski definition) is 1. The van der Waals surface area contributed by atoms with Crippen molar-refractivity contribution < 1.29 is 4.74 Å². The van der Waals surface area contributed by atoms with Crippen molar-refractivity contribution in [2.24, 2.45) is 11.7 Å². The average Bonchev–Trinajstić information content (AvgIpc) is 2.67. The van der Waals surface area contributed by atoms with E-state index in [4.69, 9.17) is 22.1 Å². The molecule has 1 aromatic carbocycles. The Labute approximate surface area is 102 Å². The second-order valence-corrected chi connectivity index (χ2v) is 5.04. The number of halogens is 1. The van der Waals surface area contributed by atoms with E-state index in [9.17, 15) is 0 Å². The molecule has 0 aliphatic carbocycles. The van der Waals surface area contributed by atoms with Crippen molar-refractivity contribution in [1.82, 2.24) is 0 Å². The van der Waals surface area contributed by atoms with Gasteiger partial charge in [0.25, 0.3) is 0 Å².